The van der Waals surface area contributed by atoms with Gasteiger partial charge in [0, 0.05) is 0 Å². The summed E-state index contributed by atoms with van der Waals surface area (Å²) >= 11 is 0. The molecule has 0 heterocycles. The molecule has 1 saturated carbocycles. The molecule has 0 nitrogen and oxygen atoms in total. The van der Waals surface area contributed by atoms with Crippen LogP contribution in [0.2, 0.25) is 0 Å². The van der Waals surface area contributed by atoms with Gasteiger partial charge < -0.3 is 0 Å². The number of hydrogen-bond donors (Lipinski definition) is 0. The van der Waals surface area contributed by atoms with Crippen molar-refractivity contribution in [2.24, 2.45) is 11.3 Å². The lowest BCUT2D eigenvalue weighted by Gasteiger charge is -2.15. The third kappa shape index (κ3) is 58.7. The number of rotatable bonds is 0. The number of hydrogen-bond acceptors (Lipinski definition) is 0. The van der Waals surface area contributed by atoms with E-state index in [1.807, 2.05) is 32.0 Å². The maximum Gasteiger partial charge on any atom is -0.0398 e. The first-order chi connectivity index (χ1) is 12.6. The Morgan fingerprint density at radius 1 is 0.741 bits per heavy atom. The monoisotopic (exact) mass is 380 g/mol. The molecule has 0 aromatic heterocycles. The van der Waals surface area contributed by atoms with Crippen LogP contribution < -0.4 is 0 Å². The topological polar surface area (TPSA) is 0 Å². The van der Waals surface area contributed by atoms with Gasteiger partial charge >= 0.3 is 0 Å². The van der Waals surface area contributed by atoms with Gasteiger partial charge in [-0.1, -0.05) is 157 Å². The Labute approximate surface area is 175 Å². The maximum absolute atomic E-state index is 2.36. The van der Waals surface area contributed by atoms with Crippen LogP contribution in [0, 0.1) is 18.3 Å². The lowest BCUT2D eigenvalue weighted by molar-refractivity contribution is 0.385. The summed E-state index contributed by atoms with van der Waals surface area (Å²) in [5, 5.41) is 0. The zero-order chi connectivity index (χ0) is 22.1. The summed E-state index contributed by atoms with van der Waals surface area (Å²) in [4.78, 5) is 0. The van der Waals surface area contributed by atoms with Crippen LogP contribution in [0.3, 0.4) is 0 Å². The van der Waals surface area contributed by atoms with Gasteiger partial charge in [0.25, 0.3) is 0 Å². The average molecular weight is 381 g/mol. The van der Waals surface area contributed by atoms with E-state index in [2.05, 4.69) is 81.4 Å². The van der Waals surface area contributed by atoms with Crippen molar-refractivity contribution >= 4 is 0 Å². The first kappa shape index (κ1) is 33.8. The Kier molecular flexibility index (Phi) is 34.3. The van der Waals surface area contributed by atoms with E-state index in [1.165, 1.54) is 50.5 Å². The average Bonchev–Trinajstić information content (AvgIpc) is 2.59. The molecule has 164 valence electrons. The molecule has 1 aromatic rings. The van der Waals surface area contributed by atoms with E-state index in [1.54, 1.807) is 0 Å². The first-order valence-electron chi connectivity index (χ1n) is 11.6. The van der Waals surface area contributed by atoms with Crippen molar-refractivity contribution in [3.8, 4) is 0 Å². The van der Waals surface area contributed by atoms with Crippen molar-refractivity contribution < 1.29 is 0 Å². The van der Waals surface area contributed by atoms with Crippen molar-refractivity contribution in [3.05, 3.63) is 35.9 Å². The summed E-state index contributed by atoms with van der Waals surface area (Å²) in [7, 11) is 0. The predicted octanol–water partition coefficient (Wildman–Crippen LogP) is 10.5. The van der Waals surface area contributed by atoms with Gasteiger partial charge in [0.1, 0.15) is 0 Å². The van der Waals surface area contributed by atoms with E-state index in [9.17, 15) is 0 Å². The molecule has 1 aromatic carbocycles. The van der Waals surface area contributed by atoms with Crippen molar-refractivity contribution in [1.29, 1.82) is 0 Å². The van der Waals surface area contributed by atoms with Gasteiger partial charge in [-0.25, -0.2) is 0 Å². The van der Waals surface area contributed by atoms with Gasteiger partial charge in [0.15, 0.2) is 0 Å². The summed E-state index contributed by atoms with van der Waals surface area (Å²) in [6.45, 7) is 25.7. The molecule has 0 radical (unpaired) electrons. The largest absolute Gasteiger partial charge is 0.0683 e. The van der Waals surface area contributed by atoms with Gasteiger partial charge in [-0.05, 0) is 18.3 Å². The molecule has 0 heteroatoms. The van der Waals surface area contributed by atoms with Crippen molar-refractivity contribution in [3.63, 3.8) is 0 Å². The van der Waals surface area contributed by atoms with Crippen LogP contribution in [-0.2, 0) is 0 Å². The molecule has 0 unspecified atom stereocenters. The fourth-order valence-electron chi connectivity index (χ4n) is 1.84. The van der Waals surface area contributed by atoms with Crippen LogP contribution in [0.4, 0.5) is 0 Å². The van der Waals surface area contributed by atoms with Gasteiger partial charge in [-0.15, -0.1) is 0 Å². The van der Waals surface area contributed by atoms with E-state index < -0.39 is 0 Å². The quantitative estimate of drug-likeness (QED) is 0.419. The lowest BCUT2D eigenvalue weighted by Crippen LogP contribution is -1.99. The smallest absolute Gasteiger partial charge is 0.0398 e. The molecular formula is C27H56. The fourth-order valence-corrected chi connectivity index (χ4v) is 1.84. The Hall–Kier alpha value is -0.780. The van der Waals surface area contributed by atoms with Crippen LogP contribution in [0.15, 0.2) is 30.3 Å². The lowest BCUT2D eigenvalue weighted by atomic mass is 9.91. The Morgan fingerprint density at radius 3 is 1.19 bits per heavy atom. The minimum Gasteiger partial charge on any atom is -0.0683 e. The third-order valence-corrected chi connectivity index (χ3v) is 2.83. The highest BCUT2D eigenvalue weighted by Gasteiger charge is 2.05. The standard InChI is InChI=1S/C7H14.C7H8.C5H12.2C3H8.C2H6/c2*1-7-5-3-2-4-6-7;1-5(2,3)4;2*1-3-2;1-2/h7H,2-6H2,1H3;2-6H,1H3;1-4H3;2*3H2,1-2H3;1-2H3. The molecule has 0 N–H and O–H groups in total. The predicted molar refractivity (Wildman–Crippen MR) is 132 cm³/mol. The zero-order valence-corrected chi connectivity index (χ0v) is 21.4. The van der Waals surface area contributed by atoms with Crippen LogP contribution in [0.1, 0.15) is 127 Å². The second-order valence-electron chi connectivity index (χ2n) is 8.81. The molecule has 1 aliphatic rings. The Morgan fingerprint density at radius 2 is 1.04 bits per heavy atom. The van der Waals surface area contributed by atoms with Crippen LogP contribution >= 0.6 is 0 Å². The molecule has 0 spiro atoms. The Bertz CT molecular complexity index is 304. The molecule has 0 aliphatic heterocycles. The molecule has 0 amide bonds. The molecule has 1 fully saturated rings. The second-order valence-corrected chi connectivity index (χ2v) is 8.81. The van der Waals surface area contributed by atoms with Gasteiger partial charge in [0.2, 0.25) is 0 Å². The molecule has 0 bridgehead atoms. The highest BCUT2D eigenvalue weighted by molar-refractivity contribution is 5.11. The van der Waals surface area contributed by atoms with E-state index in [4.69, 9.17) is 0 Å². The fraction of sp³-hybridized carbons (Fsp3) is 0.778. The van der Waals surface area contributed by atoms with E-state index in [0.29, 0.717) is 5.41 Å². The SMILES string of the molecule is CC.CC(C)(C)C.CC1CCCCC1.CCC.CCC.Cc1ccccc1. The molecular weight excluding hydrogens is 324 g/mol. The van der Waals surface area contributed by atoms with Gasteiger partial charge in [0.05, 0.1) is 0 Å². The Balaban J connectivity index is -0.000000125. The number of benzene rings is 1. The number of aryl methyl sites for hydroxylation is 1. The molecule has 27 heavy (non-hydrogen) atoms. The second kappa shape index (κ2) is 27.4. The molecule has 1 aliphatic carbocycles. The first-order valence-corrected chi connectivity index (χ1v) is 11.6. The molecule has 0 saturated heterocycles. The minimum absolute atomic E-state index is 0.500. The van der Waals surface area contributed by atoms with E-state index >= 15 is 0 Å². The van der Waals surface area contributed by atoms with Crippen molar-refractivity contribution in [2.75, 3.05) is 0 Å². The van der Waals surface area contributed by atoms with Crippen molar-refractivity contribution in [1.82, 2.24) is 0 Å². The minimum atomic E-state index is 0.500. The van der Waals surface area contributed by atoms with E-state index in [0.717, 1.165) is 5.92 Å². The van der Waals surface area contributed by atoms with Crippen molar-refractivity contribution in [2.45, 2.75) is 128 Å². The summed E-state index contributed by atoms with van der Waals surface area (Å²) < 4.78 is 0. The maximum atomic E-state index is 2.36. The summed E-state index contributed by atoms with van der Waals surface area (Å²) in [6, 6.07) is 10.3. The summed E-state index contributed by atoms with van der Waals surface area (Å²) in [5.74, 6) is 1.04. The van der Waals surface area contributed by atoms with Crippen LogP contribution in [0.5, 0.6) is 0 Å². The van der Waals surface area contributed by atoms with E-state index in [-0.39, 0.29) is 0 Å². The van der Waals surface area contributed by atoms with Crippen LogP contribution in [-0.4, -0.2) is 0 Å². The summed E-state index contributed by atoms with van der Waals surface area (Å²) in [5.41, 5.74) is 1.82. The van der Waals surface area contributed by atoms with Crippen LogP contribution in [0.25, 0.3) is 0 Å². The van der Waals surface area contributed by atoms with Gasteiger partial charge in [-0.3, -0.25) is 0 Å². The third-order valence-electron chi connectivity index (χ3n) is 2.83. The molecule has 2 rings (SSSR count). The highest BCUT2D eigenvalue weighted by atomic mass is 14.1. The highest BCUT2D eigenvalue weighted by Crippen LogP contribution is 2.22. The zero-order valence-electron chi connectivity index (χ0n) is 21.4. The normalized spacial score (nSPS) is 12.6. The van der Waals surface area contributed by atoms with Gasteiger partial charge in [-0.2, -0.15) is 0 Å². The summed E-state index contributed by atoms with van der Waals surface area (Å²) in [6.07, 6.45) is 9.94. The molecule has 0 atom stereocenters.